The van der Waals surface area contributed by atoms with Gasteiger partial charge in [-0.15, -0.1) is 5.10 Å². The highest BCUT2D eigenvalue weighted by molar-refractivity contribution is 5.93. The Morgan fingerprint density at radius 2 is 1.50 bits per heavy atom. The van der Waals surface area contributed by atoms with E-state index in [2.05, 4.69) is 34.5 Å². The van der Waals surface area contributed by atoms with Crippen LogP contribution in [0.3, 0.4) is 0 Å². The molecule has 0 bridgehead atoms. The van der Waals surface area contributed by atoms with Gasteiger partial charge in [0.25, 0.3) is 0 Å². The van der Waals surface area contributed by atoms with Crippen LogP contribution in [0.2, 0.25) is 0 Å². The van der Waals surface area contributed by atoms with Gasteiger partial charge in [-0.25, -0.2) is 0 Å². The molecule has 16 heavy (non-hydrogen) atoms. The predicted molar refractivity (Wildman–Crippen MR) is 65.0 cm³/mol. The van der Waals surface area contributed by atoms with E-state index in [0.29, 0.717) is 0 Å². The summed E-state index contributed by atoms with van der Waals surface area (Å²) in [5, 5.41) is 10.5. The van der Waals surface area contributed by atoms with Gasteiger partial charge in [-0.2, -0.15) is 5.10 Å². The molecule has 0 aliphatic carbocycles. The van der Waals surface area contributed by atoms with Gasteiger partial charge in [0.05, 0.1) is 6.20 Å². The maximum atomic E-state index is 4.23. The Hall–Kier alpha value is -2.22. The van der Waals surface area contributed by atoms with Gasteiger partial charge < -0.3 is 0 Å². The fraction of sp³-hybridized carbons (Fsp3) is 0. The van der Waals surface area contributed by atoms with Crippen molar-refractivity contribution in [1.82, 2.24) is 10.2 Å². The molecule has 3 rings (SSSR count). The van der Waals surface area contributed by atoms with E-state index in [-0.39, 0.29) is 0 Å². The zero-order valence-corrected chi connectivity index (χ0v) is 8.67. The lowest BCUT2D eigenvalue weighted by molar-refractivity contribution is 1.06. The molecule has 0 radical (unpaired) electrons. The summed E-state index contributed by atoms with van der Waals surface area (Å²) in [6.45, 7) is 0. The number of rotatable bonds is 1. The quantitative estimate of drug-likeness (QED) is 0.610. The van der Waals surface area contributed by atoms with Crippen molar-refractivity contribution < 1.29 is 0 Å². The van der Waals surface area contributed by atoms with Crippen molar-refractivity contribution in [2.24, 2.45) is 0 Å². The van der Waals surface area contributed by atoms with Crippen LogP contribution in [-0.4, -0.2) is 10.2 Å². The average Bonchev–Trinajstić information content (AvgIpc) is 2.39. The minimum Gasteiger partial charge on any atom is -0.158 e. The van der Waals surface area contributed by atoms with E-state index in [1.807, 2.05) is 30.3 Å². The number of hydrogen-bond acceptors (Lipinski definition) is 2. The second-order valence-electron chi connectivity index (χ2n) is 3.65. The number of nitrogens with zero attached hydrogens (tertiary/aromatic N) is 2. The molecular formula is C14H10N2. The zero-order valence-electron chi connectivity index (χ0n) is 8.67. The molecule has 0 atom stereocenters. The first-order valence-electron chi connectivity index (χ1n) is 5.21. The first-order valence-corrected chi connectivity index (χ1v) is 5.21. The van der Waals surface area contributed by atoms with Crippen LogP contribution >= 0.6 is 0 Å². The highest BCUT2D eigenvalue weighted by Crippen LogP contribution is 2.24. The fourth-order valence-corrected chi connectivity index (χ4v) is 1.84. The number of hydrogen-bond donors (Lipinski definition) is 0. The molecule has 0 aliphatic rings. The van der Waals surface area contributed by atoms with Crippen molar-refractivity contribution in [3.05, 3.63) is 60.8 Å². The first-order chi connectivity index (χ1) is 7.95. The lowest BCUT2D eigenvalue weighted by Crippen LogP contribution is -1.88. The van der Waals surface area contributed by atoms with Crippen LogP contribution in [-0.2, 0) is 0 Å². The topological polar surface area (TPSA) is 25.8 Å². The van der Waals surface area contributed by atoms with E-state index in [0.717, 1.165) is 22.0 Å². The maximum Gasteiger partial charge on any atom is 0.101 e. The minimum absolute atomic E-state index is 0.943. The van der Waals surface area contributed by atoms with Crippen LogP contribution in [0.15, 0.2) is 60.8 Å². The molecule has 2 nitrogen and oxygen atoms in total. The van der Waals surface area contributed by atoms with Gasteiger partial charge in [-0.3, -0.25) is 0 Å². The molecule has 1 heterocycles. The highest BCUT2D eigenvalue weighted by atomic mass is 15.1. The molecule has 2 heteroatoms. The molecule has 0 saturated heterocycles. The molecular weight excluding hydrogens is 196 g/mol. The molecule has 0 saturated carbocycles. The number of aromatic nitrogens is 2. The molecule has 1 aromatic heterocycles. The van der Waals surface area contributed by atoms with Crippen molar-refractivity contribution in [2.45, 2.75) is 0 Å². The van der Waals surface area contributed by atoms with Crippen LogP contribution in [0.1, 0.15) is 0 Å². The molecule has 0 unspecified atom stereocenters. The summed E-state index contributed by atoms with van der Waals surface area (Å²) in [7, 11) is 0. The van der Waals surface area contributed by atoms with E-state index >= 15 is 0 Å². The smallest absolute Gasteiger partial charge is 0.101 e. The van der Waals surface area contributed by atoms with Gasteiger partial charge >= 0.3 is 0 Å². The third-order valence-corrected chi connectivity index (χ3v) is 2.62. The van der Waals surface area contributed by atoms with E-state index in [1.165, 1.54) is 0 Å². The van der Waals surface area contributed by atoms with E-state index in [1.54, 1.807) is 6.20 Å². The largest absolute Gasteiger partial charge is 0.158 e. The molecule has 0 amide bonds. The van der Waals surface area contributed by atoms with Crippen LogP contribution in [0.4, 0.5) is 0 Å². The standard InChI is InChI=1S/C14H10N2/c1-2-6-11(7-3-1)14-13-9-5-4-8-12(13)10-15-16-14/h1-10H. The Labute approximate surface area is 93.6 Å². The van der Waals surface area contributed by atoms with Crippen LogP contribution in [0.5, 0.6) is 0 Å². The lowest BCUT2D eigenvalue weighted by Gasteiger charge is -2.03. The number of benzene rings is 2. The third-order valence-electron chi connectivity index (χ3n) is 2.62. The predicted octanol–water partition coefficient (Wildman–Crippen LogP) is 3.30. The SMILES string of the molecule is c1ccc(-c2nncc3ccccc23)cc1. The molecule has 2 aromatic carbocycles. The summed E-state index contributed by atoms with van der Waals surface area (Å²) in [5.41, 5.74) is 2.05. The number of fused-ring (bicyclic) bond motifs is 1. The summed E-state index contributed by atoms with van der Waals surface area (Å²) < 4.78 is 0. The third kappa shape index (κ3) is 1.44. The zero-order chi connectivity index (χ0) is 10.8. The first kappa shape index (κ1) is 9.04. The molecule has 0 aliphatic heterocycles. The van der Waals surface area contributed by atoms with Gasteiger partial charge in [0, 0.05) is 16.3 Å². The lowest BCUT2D eigenvalue weighted by atomic mass is 10.1. The van der Waals surface area contributed by atoms with Gasteiger partial charge in [0.15, 0.2) is 0 Å². The summed E-state index contributed by atoms with van der Waals surface area (Å²) in [5.74, 6) is 0. The van der Waals surface area contributed by atoms with E-state index in [4.69, 9.17) is 0 Å². The highest BCUT2D eigenvalue weighted by Gasteiger charge is 2.04. The maximum absolute atomic E-state index is 4.23. The van der Waals surface area contributed by atoms with Gasteiger partial charge in [0.1, 0.15) is 5.69 Å². The summed E-state index contributed by atoms with van der Waals surface area (Å²) in [6.07, 6.45) is 1.79. The van der Waals surface area contributed by atoms with Crippen molar-refractivity contribution in [1.29, 1.82) is 0 Å². The Balaban J connectivity index is 2.32. The Morgan fingerprint density at radius 1 is 0.750 bits per heavy atom. The minimum atomic E-state index is 0.943. The van der Waals surface area contributed by atoms with Crippen molar-refractivity contribution in [3.63, 3.8) is 0 Å². The summed E-state index contributed by atoms with van der Waals surface area (Å²) in [4.78, 5) is 0. The molecule has 0 spiro atoms. The van der Waals surface area contributed by atoms with Crippen molar-refractivity contribution in [2.75, 3.05) is 0 Å². The molecule has 0 N–H and O–H groups in total. The summed E-state index contributed by atoms with van der Waals surface area (Å²) >= 11 is 0. The molecule has 76 valence electrons. The Bertz CT molecular complexity index is 612. The molecule has 0 fully saturated rings. The normalized spacial score (nSPS) is 10.5. The van der Waals surface area contributed by atoms with Gasteiger partial charge in [-0.1, -0.05) is 54.6 Å². The molecule has 3 aromatic rings. The van der Waals surface area contributed by atoms with Gasteiger partial charge in [0.2, 0.25) is 0 Å². The monoisotopic (exact) mass is 206 g/mol. The van der Waals surface area contributed by atoms with Crippen LogP contribution < -0.4 is 0 Å². The Kier molecular flexibility index (Phi) is 2.11. The second-order valence-corrected chi connectivity index (χ2v) is 3.65. The average molecular weight is 206 g/mol. The summed E-state index contributed by atoms with van der Waals surface area (Å²) in [6, 6.07) is 18.3. The Morgan fingerprint density at radius 3 is 2.38 bits per heavy atom. The van der Waals surface area contributed by atoms with Crippen LogP contribution in [0.25, 0.3) is 22.0 Å². The van der Waals surface area contributed by atoms with Crippen molar-refractivity contribution >= 4 is 10.8 Å². The van der Waals surface area contributed by atoms with E-state index < -0.39 is 0 Å². The fourth-order valence-electron chi connectivity index (χ4n) is 1.84. The van der Waals surface area contributed by atoms with Crippen LogP contribution in [0, 0.1) is 0 Å². The van der Waals surface area contributed by atoms with Gasteiger partial charge in [-0.05, 0) is 0 Å². The second kappa shape index (κ2) is 3.74. The van der Waals surface area contributed by atoms with Crippen molar-refractivity contribution in [3.8, 4) is 11.3 Å². The van der Waals surface area contributed by atoms with E-state index in [9.17, 15) is 0 Å².